The molecule has 0 radical (unpaired) electrons. The summed E-state index contributed by atoms with van der Waals surface area (Å²) in [6, 6.07) is 7.83. The van der Waals surface area contributed by atoms with E-state index in [0.717, 1.165) is 17.7 Å². The van der Waals surface area contributed by atoms with Crippen LogP contribution in [0.5, 0.6) is 0 Å². The molecule has 5 heteroatoms. The lowest BCUT2D eigenvalue weighted by molar-refractivity contribution is 0.0976. The van der Waals surface area contributed by atoms with Crippen LogP contribution >= 0.6 is 0 Å². The van der Waals surface area contributed by atoms with Crippen molar-refractivity contribution in [3.8, 4) is 0 Å². The van der Waals surface area contributed by atoms with Crippen LogP contribution in [-0.2, 0) is 7.05 Å². The number of carbonyl (C=O) groups excluding carboxylic acids is 1. The number of aromatic nitrogens is 2. The lowest BCUT2D eigenvalue weighted by atomic mass is 9.97. The van der Waals surface area contributed by atoms with Gasteiger partial charge >= 0.3 is 0 Å². The number of para-hydroxylation sites is 1. The lowest BCUT2D eigenvalue weighted by Gasteiger charge is -2.32. The number of carbonyl (C=O) groups is 1. The van der Waals surface area contributed by atoms with Gasteiger partial charge in [0, 0.05) is 25.3 Å². The van der Waals surface area contributed by atoms with Gasteiger partial charge in [0.15, 0.2) is 0 Å². The Bertz CT molecular complexity index is 619. The van der Waals surface area contributed by atoms with Crippen LogP contribution in [0.25, 0.3) is 0 Å². The molecule has 0 fully saturated rings. The molecule has 2 aromatic rings. The van der Waals surface area contributed by atoms with Crippen LogP contribution in [-0.4, -0.2) is 22.0 Å². The predicted molar refractivity (Wildman–Crippen MR) is 72.9 cm³/mol. The summed E-state index contributed by atoms with van der Waals surface area (Å²) >= 11 is 0. The third-order valence-electron chi connectivity index (χ3n) is 3.57. The molecule has 0 aliphatic carbocycles. The van der Waals surface area contributed by atoms with Crippen LogP contribution in [0, 0.1) is 0 Å². The molecule has 1 aromatic carbocycles. The molecule has 3 rings (SSSR count). The van der Waals surface area contributed by atoms with E-state index in [1.807, 2.05) is 31.3 Å². The van der Waals surface area contributed by atoms with Gasteiger partial charge in [-0.2, -0.15) is 0 Å². The molecule has 1 aromatic heterocycles. The second-order valence-corrected chi connectivity index (χ2v) is 4.80. The average molecular weight is 256 g/mol. The standard InChI is InChI=1S/C14H16N4O/c1-17-9-16-8-13(17)14(19)18-7-6-11(15)10-4-2-3-5-12(10)18/h2-5,8-9,11H,6-7,15H2,1H3. The lowest BCUT2D eigenvalue weighted by Crippen LogP contribution is -2.39. The van der Waals surface area contributed by atoms with Crippen molar-refractivity contribution in [3.05, 3.63) is 48.0 Å². The molecule has 0 saturated heterocycles. The Morgan fingerprint density at radius 2 is 2.21 bits per heavy atom. The van der Waals surface area contributed by atoms with Gasteiger partial charge in [0.1, 0.15) is 5.69 Å². The van der Waals surface area contributed by atoms with Crippen molar-refractivity contribution >= 4 is 11.6 Å². The quantitative estimate of drug-likeness (QED) is 0.840. The molecular weight excluding hydrogens is 240 g/mol. The predicted octanol–water partition coefficient (Wildman–Crippen LogP) is 1.47. The number of nitrogens with zero attached hydrogens (tertiary/aromatic N) is 3. The van der Waals surface area contributed by atoms with Crippen molar-refractivity contribution in [2.24, 2.45) is 12.8 Å². The Balaban J connectivity index is 2.01. The molecule has 0 bridgehead atoms. The monoisotopic (exact) mass is 256 g/mol. The first-order valence-corrected chi connectivity index (χ1v) is 6.31. The summed E-state index contributed by atoms with van der Waals surface area (Å²) in [6.45, 7) is 0.641. The van der Waals surface area contributed by atoms with Gasteiger partial charge in [-0.3, -0.25) is 4.79 Å². The summed E-state index contributed by atoms with van der Waals surface area (Å²) < 4.78 is 1.74. The maximum atomic E-state index is 12.6. The molecule has 1 amide bonds. The second kappa shape index (κ2) is 4.51. The van der Waals surface area contributed by atoms with Crippen molar-refractivity contribution in [1.82, 2.24) is 9.55 Å². The molecule has 2 heterocycles. The van der Waals surface area contributed by atoms with Gasteiger partial charge in [0.05, 0.1) is 12.5 Å². The Morgan fingerprint density at radius 1 is 1.42 bits per heavy atom. The minimum absolute atomic E-state index is 0.00628. The highest BCUT2D eigenvalue weighted by atomic mass is 16.2. The molecule has 1 aliphatic heterocycles. The largest absolute Gasteiger partial charge is 0.330 e. The smallest absolute Gasteiger partial charge is 0.276 e. The summed E-state index contributed by atoms with van der Waals surface area (Å²) in [5.41, 5.74) is 8.63. The van der Waals surface area contributed by atoms with E-state index in [1.165, 1.54) is 0 Å². The number of amides is 1. The number of anilines is 1. The SMILES string of the molecule is Cn1cncc1C(=O)N1CCC(N)c2ccccc21. The molecular formula is C14H16N4O. The first kappa shape index (κ1) is 11.9. The fraction of sp³-hybridized carbons (Fsp3) is 0.286. The minimum atomic E-state index is -0.0284. The molecule has 2 N–H and O–H groups in total. The molecule has 5 nitrogen and oxygen atoms in total. The maximum absolute atomic E-state index is 12.6. The third kappa shape index (κ3) is 1.92. The van der Waals surface area contributed by atoms with Gasteiger partial charge in [-0.1, -0.05) is 18.2 Å². The summed E-state index contributed by atoms with van der Waals surface area (Å²) in [5, 5.41) is 0. The highest BCUT2D eigenvalue weighted by molar-refractivity contribution is 6.05. The van der Waals surface area contributed by atoms with Crippen LogP contribution in [0.1, 0.15) is 28.5 Å². The Morgan fingerprint density at radius 3 is 2.95 bits per heavy atom. The molecule has 1 atom stereocenters. The van der Waals surface area contributed by atoms with E-state index in [-0.39, 0.29) is 11.9 Å². The first-order chi connectivity index (χ1) is 9.18. The summed E-state index contributed by atoms with van der Waals surface area (Å²) in [7, 11) is 1.82. The van der Waals surface area contributed by atoms with Crippen LogP contribution < -0.4 is 10.6 Å². The molecule has 1 aliphatic rings. The van der Waals surface area contributed by atoms with E-state index in [0.29, 0.717) is 12.2 Å². The molecule has 19 heavy (non-hydrogen) atoms. The normalized spacial score (nSPS) is 18.2. The second-order valence-electron chi connectivity index (χ2n) is 4.80. The molecule has 0 saturated carbocycles. The number of rotatable bonds is 1. The number of hydrogen-bond acceptors (Lipinski definition) is 3. The first-order valence-electron chi connectivity index (χ1n) is 6.31. The topological polar surface area (TPSA) is 64.2 Å². The summed E-state index contributed by atoms with van der Waals surface area (Å²) in [5.74, 6) is -0.0284. The van der Waals surface area contributed by atoms with E-state index in [9.17, 15) is 4.79 Å². The number of aryl methyl sites for hydroxylation is 1. The number of benzene rings is 1. The number of imidazole rings is 1. The molecule has 98 valence electrons. The Kier molecular flexibility index (Phi) is 2.83. The number of hydrogen-bond donors (Lipinski definition) is 1. The van der Waals surface area contributed by atoms with E-state index in [4.69, 9.17) is 5.73 Å². The van der Waals surface area contributed by atoms with Crippen molar-refractivity contribution in [1.29, 1.82) is 0 Å². The fourth-order valence-electron chi connectivity index (χ4n) is 2.50. The maximum Gasteiger partial charge on any atom is 0.276 e. The zero-order valence-corrected chi connectivity index (χ0v) is 10.8. The van der Waals surface area contributed by atoms with Crippen molar-refractivity contribution in [2.75, 3.05) is 11.4 Å². The number of nitrogens with two attached hydrogens (primary N) is 1. The van der Waals surface area contributed by atoms with Crippen molar-refractivity contribution < 1.29 is 4.79 Å². The summed E-state index contributed by atoms with van der Waals surface area (Å²) in [6.07, 6.45) is 4.01. The van der Waals surface area contributed by atoms with Crippen LogP contribution in [0.3, 0.4) is 0 Å². The zero-order valence-electron chi connectivity index (χ0n) is 10.8. The molecule has 0 spiro atoms. The van der Waals surface area contributed by atoms with Crippen LogP contribution in [0.2, 0.25) is 0 Å². The Hall–Kier alpha value is -2.14. The zero-order chi connectivity index (χ0) is 13.4. The Labute approximate surface area is 111 Å². The summed E-state index contributed by atoms with van der Waals surface area (Å²) in [4.78, 5) is 18.4. The van der Waals surface area contributed by atoms with E-state index >= 15 is 0 Å². The molecule has 1 unspecified atom stereocenters. The van der Waals surface area contributed by atoms with Gasteiger partial charge in [-0.15, -0.1) is 0 Å². The highest BCUT2D eigenvalue weighted by Crippen LogP contribution is 2.32. The van der Waals surface area contributed by atoms with Crippen molar-refractivity contribution in [2.45, 2.75) is 12.5 Å². The van der Waals surface area contributed by atoms with E-state index in [2.05, 4.69) is 4.98 Å². The average Bonchev–Trinajstić information content (AvgIpc) is 2.85. The van der Waals surface area contributed by atoms with Gasteiger partial charge in [-0.05, 0) is 18.1 Å². The van der Waals surface area contributed by atoms with Gasteiger partial charge in [0.25, 0.3) is 5.91 Å². The fourth-order valence-corrected chi connectivity index (χ4v) is 2.50. The third-order valence-corrected chi connectivity index (χ3v) is 3.57. The van der Waals surface area contributed by atoms with Crippen LogP contribution in [0.4, 0.5) is 5.69 Å². The van der Waals surface area contributed by atoms with E-state index < -0.39 is 0 Å². The minimum Gasteiger partial charge on any atom is -0.330 e. The van der Waals surface area contributed by atoms with Gasteiger partial charge in [0.2, 0.25) is 0 Å². The van der Waals surface area contributed by atoms with E-state index in [1.54, 1.807) is 22.0 Å². The van der Waals surface area contributed by atoms with Gasteiger partial charge in [-0.25, -0.2) is 4.98 Å². The number of fused-ring (bicyclic) bond motifs is 1. The van der Waals surface area contributed by atoms with Crippen molar-refractivity contribution in [3.63, 3.8) is 0 Å². The highest BCUT2D eigenvalue weighted by Gasteiger charge is 2.28. The van der Waals surface area contributed by atoms with Crippen LogP contribution in [0.15, 0.2) is 36.8 Å². The van der Waals surface area contributed by atoms with Gasteiger partial charge < -0.3 is 15.2 Å².